The topological polar surface area (TPSA) is 98.5 Å². The van der Waals surface area contributed by atoms with Crippen molar-refractivity contribution in [1.82, 2.24) is 19.6 Å². The Labute approximate surface area is 158 Å². The minimum absolute atomic E-state index is 0.143. The second-order valence-electron chi connectivity index (χ2n) is 6.70. The number of nitrogens with zero attached hydrogens (tertiary/aromatic N) is 4. The van der Waals surface area contributed by atoms with Gasteiger partial charge in [-0.05, 0) is 18.9 Å². The molecule has 1 N–H and O–H groups in total. The average Bonchev–Trinajstić information content (AvgIpc) is 3.05. The minimum Gasteiger partial charge on any atom is -0.496 e. The largest absolute Gasteiger partial charge is 0.496 e. The van der Waals surface area contributed by atoms with Crippen LogP contribution in [0.2, 0.25) is 0 Å². The molecular weight excluding hydrogens is 366 g/mol. The first-order valence-electron chi connectivity index (χ1n) is 8.57. The molecule has 0 aliphatic carbocycles. The molecule has 27 heavy (non-hydrogen) atoms. The van der Waals surface area contributed by atoms with E-state index in [0.717, 1.165) is 23.1 Å². The van der Waals surface area contributed by atoms with Gasteiger partial charge in [0.25, 0.3) is 5.16 Å². The summed E-state index contributed by atoms with van der Waals surface area (Å²) >= 11 is 0. The van der Waals surface area contributed by atoms with Crippen molar-refractivity contribution in [2.45, 2.75) is 37.9 Å². The van der Waals surface area contributed by atoms with Gasteiger partial charge in [0.05, 0.1) is 19.3 Å². The molecular formula is C18H23N5O3S. The normalized spacial score (nSPS) is 13.1. The maximum Gasteiger partial charge on any atom is 0.252 e. The van der Waals surface area contributed by atoms with Gasteiger partial charge in [0.15, 0.2) is 5.65 Å². The molecule has 0 unspecified atom stereocenters. The number of rotatable bonds is 6. The zero-order valence-electron chi connectivity index (χ0n) is 16.0. The van der Waals surface area contributed by atoms with E-state index in [0.29, 0.717) is 11.6 Å². The van der Waals surface area contributed by atoms with Crippen molar-refractivity contribution in [1.29, 1.82) is 0 Å². The highest BCUT2D eigenvalue weighted by Crippen LogP contribution is 2.28. The predicted octanol–water partition coefficient (Wildman–Crippen LogP) is 2.83. The Morgan fingerprint density at radius 1 is 1.11 bits per heavy atom. The summed E-state index contributed by atoms with van der Waals surface area (Å²) in [5.41, 5.74) is 2.26. The number of sulfone groups is 1. The third kappa shape index (κ3) is 3.73. The highest BCUT2D eigenvalue weighted by molar-refractivity contribution is 7.90. The Kier molecular flexibility index (Phi) is 5.05. The molecule has 144 valence electrons. The van der Waals surface area contributed by atoms with E-state index < -0.39 is 9.84 Å². The van der Waals surface area contributed by atoms with Crippen LogP contribution in [0, 0.1) is 0 Å². The van der Waals surface area contributed by atoms with Gasteiger partial charge in [0.2, 0.25) is 15.8 Å². The number of hydrogen-bond donors (Lipinski definition) is 1. The van der Waals surface area contributed by atoms with E-state index in [1.54, 1.807) is 13.3 Å². The molecule has 0 radical (unpaired) electrons. The lowest BCUT2D eigenvalue weighted by molar-refractivity contribution is 0.408. The van der Waals surface area contributed by atoms with Crippen molar-refractivity contribution >= 4 is 21.4 Å². The van der Waals surface area contributed by atoms with Crippen molar-refractivity contribution < 1.29 is 13.2 Å². The van der Waals surface area contributed by atoms with Crippen LogP contribution in [0.1, 0.15) is 43.9 Å². The van der Waals surface area contributed by atoms with Crippen LogP contribution in [0.25, 0.3) is 5.65 Å². The summed E-state index contributed by atoms with van der Waals surface area (Å²) in [6, 6.07) is 7.42. The molecule has 3 aromatic rings. The highest BCUT2D eigenvalue weighted by atomic mass is 32.2. The van der Waals surface area contributed by atoms with Crippen molar-refractivity contribution in [3.05, 3.63) is 41.6 Å². The number of benzene rings is 1. The van der Waals surface area contributed by atoms with Gasteiger partial charge >= 0.3 is 0 Å². The van der Waals surface area contributed by atoms with E-state index in [2.05, 4.69) is 20.4 Å². The molecule has 0 saturated heterocycles. The van der Waals surface area contributed by atoms with E-state index >= 15 is 0 Å². The summed E-state index contributed by atoms with van der Waals surface area (Å²) in [4.78, 5) is 8.45. The van der Waals surface area contributed by atoms with Gasteiger partial charge in [-0.15, -0.1) is 0 Å². The smallest absolute Gasteiger partial charge is 0.252 e. The summed E-state index contributed by atoms with van der Waals surface area (Å²) in [5.74, 6) is 1.18. The van der Waals surface area contributed by atoms with Crippen LogP contribution in [-0.2, 0) is 9.84 Å². The van der Waals surface area contributed by atoms with Crippen molar-refractivity contribution in [2.75, 3.05) is 18.7 Å². The molecule has 0 aliphatic rings. The number of aromatic nitrogens is 4. The van der Waals surface area contributed by atoms with Crippen molar-refractivity contribution in [2.24, 2.45) is 0 Å². The standard InChI is InChI=1S/C18H23N5O3S/c1-11(2)14-10-19-23-16(14)21-18(27(5,24)25)22-17(23)20-12(3)13-8-6-7-9-15(13)26-4/h6-12H,1-5H3,(H,20,21,22)/t12-/m0/s1. The van der Waals surface area contributed by atoms with Gasteiger partial charge in [0.1, 0.15) is 5.75 Å². The molecule has 9 heteroatoms. The van der Waals surface area contributed by atoms with Gasteiger partial charge in [0, 0.05) is 17.4 Å². The lowest BCUT2D eigenvalue weighted by Gasteiger charge is -2.18. The maximum atomic E-state index is 12.1. The van der Waals surface area contributed by atoms with Crippen LogP contribution in [0.3, 0.4) is 0 Å². The average molecular weight is 389 g/mol. The summed E-state index contributed by atoms with van der Waals surface area (Å²) in [5, 5.41) is 7.37. The molecule has 1 aromatic carbocycles. The molecule has 0 bridgehead atoms. The molecule has 2 aromatic heterocycles. The molecule has 0 amide bonds. The first-order chi connectivity index (χ1) is 12.7. The van der Waals surface area contributed by atoms with E-state index in [1.807, 2.05) is 45.0 Å². The zero-order chi connectivity index (χ0) is 19.8. The van der Waals surface area contributed by atoms with Crippen LogP contribution < -0.4 is 10.1 Å². The van der Waals surface area contributed by atoms with Crippen LogP contribution in [0.5, 0.6) is 5.75 Å². The van der Waals surface area contributed by atoms with Gasteiger partial charge in [-0.2, -0.15) is 19.6 Å². The van der Waals surface area contributed by atoms with Crippen LogP contribution >= 0.6 is 0 Å². The molecule has 1 atom stereocenters. The Bertz CT molecular complexity index is 1080. The fourth-order valence-corrected chi connectivity index (χ4v) is 3.34. The molecule has 2 heterocycles. The Morgan fingerprint density at radius 3 is 2.44 bits per heavy atom. The maximum absolute atomic E-state index is 12.1. The summed E-state index contributed by atoms with van der Waals surface area (Å²) in [6.07, 6.45) is 2.79. The second kappa shape index (κ2) is 7.15. The van der Waals surface area contributed by atoms with Gasteiger partial charge in [-0.25, -0.2) is 8.42 Å². The molecule has 0 aliphatic heterocycles. The van der Waals surface area contributed by atoms with Crippen LogP contribution in [0.4, 0.5) is 5.95 Å². The quantitative estimate of drug-likeness (QED) is 0.692. The zero-order valence-corrected chi connectivity index (χ0v) is 16.8. The lowest BCUT2D eigenvalue weighted by Crippen LogP contribution is -2.16. The lowest BCUT2D eigenvalue weighted by atomic mass is 10.1. The number of methoxy groups -OCH3 is 1. The van der Waals surface area contributed by atoms with Crippen LogP contribution in [0.15, 0.2) is 35.6 Å². The SMILES string of the molecule is COc1ccccc1[C@H](C)Nc1nc(S(C)(=O)=O)nc2c(C(C)C)cnn12. The Hall–Kier alpha value is -2.68. The van der Waals surface area contributed by atoms with E-state index in [1.165, 1.54) is 4.52 Å². The second-order valence-corrected chi connectivity index (χ2v) is 8.61. The molecule has 0 spiro atoms. The van der Waals surface area contributed by atoms with Gasteiger partial charge < -0.3 is 10.1 Å². The Balaban J connectivity index is 2.13. The van der Waals surface area contributed by atoms with E-state index in [9.17, 15) is 8.42 Å². The number of ether oxygens (including phenoxy) is 1. The first kappa shape index (κ1) is 19.1. The monoisotopic (exact) mass is 389 g/mol. The molecule has 3 rings (SSSR count). The molecule has 0 fully saturated rings. The summed E-state index contributed by atoms with van der Waals surface area (Å²) < 4.78 is 31.1. The van der Waals surface area contributed by atoms with Gasteiger partial charge in [-0.1, -0.05) is 32.0 Å². The minimum atomic E-state index is -3.58. The first-order valence-corrected chi connectivity index (χ1v) is 10.5. The molecule has 8 nitrogen and oxygen atoms in total. The summed E-state index contributed by atoms with van der Waals surface area (Å²) in [7, 11) is -1.97. The fourth-order valence-electron chi connectivity index (χ4n) is 2.84. The third-order valence-electron chi connectivity index (χ3n) is 4.28. The highest BCUT2D eigenvalue weighted by Gasteiger charge is 2.21. The number of anilines is 1. The number of fused-ring (bicyclic) bond motifs is 1. The van der Waals surface area contributed by atoms with Crippen molar-refractivity contribution in [3.63, 3.8) is 0 Å². The Morgan fingerprint density at radius 2 is 1.81 bits per heavy atom. The van der Waals surface area contributed by atoms with E-state index in [-0.39, 0.29) is 17.1 Å². The van der Waals surface area contributed by atoms with Gasteiger partial charge in [-0.3, -0.25) is 0 Å². The number of nitrogens with one attached hydrogen (secondary N) is 1. The third-order valence-corrected chi connectivity index (χ3v) is 5.13. The predicted molar refractivity (Wildman–Crippen MR) is 103 cm³/mol. The molecule has 0 saturated carbocycles. The van der Waals surface area contributed by atoms with Crippen molar-refractivity contribution in [3.8, 4) is 5.75 Å². The van der Waals surface area contributed by atoms with Crippen LogP contribution in [-0.4, -0.2) is 41.4 Å². The number of hydrogen-bond acceptors (Lipinski definition) is 7. The number of para-hydroxylation sites is 1. The van der Waals surface area contributed by atoms with E-state index in [4.69, 9.17) is 4.74 Å². The fraction of sp³-hybridized carbons (Fsp3) is 0.389. The summed E-state index contributed by atoms with van der Waals surface area (Å²) in [6.45, 7) is 5.95.